The third-order valence-corrected chi connectivity index (χ3v) is 4.52. The molecule has 0 saturated carbocycles. The van der Waals surface area contributed by atoms with Gasteiger partial charge in [-0.3, -0.25) is 9.59 Å². The third-order valence-electron chi connectivity index (χ3n) is 4.52. The molecule has 1 N–H and O–H groups in total. The van der Waals surface area contributed by atoms with E-state index in [9.17, 15) is 14.4 Å². The fourth-order valence-corrected chi connectivity index (χ4v) is 2.89. The summed E-state index contributed by atoms with van der Waals surface area (Å²) in [6.45, 7) is 7.00. The van der Waals surface area contributed by atoms with Crippen molar-refractivity contribution in [2.24, 2.45) is 5.92 Å². The number of esters is 1. The van der Waals surface area contributed by atoms with Gasteiger partial charge in [-0.1, -0.05) is 26.0 Å². The molecule has 1 aromatic carbocycles. The van der Waals surface area contributed by atoms with Crippen LogP contribution in [0, 0.1) is 5.92 Å². The van der Waals surface area contributed by atoms with E-state index < -0.39 is 24.0 Å². The second-order valence-electron chi connectivity index (χ2n) is 6.91. The molecule has 28 heavy (non-hydrogen) atoms. The standard InChI is InChI=1S/C20H28N2O6/c1-13(2)17(21-18(23)15-7-5-6-8-16(15)26-4)20(25)28-14(3)19(24)22-9-11-27-12-10-22/h5-8,13-14,17H,9-12H2,1-4H3,(H,21,23). The maximum atomic E-state index is 12.6. The lowest BCUT2D eigenvalue weighted by molar-refractivity contribution is -0.163. The molecule has 1 aromatic rings. The normalized spacial score (nSPS) is 16.2. The highest BCUT2D eigenvalue weighted by Crippen LogP contribution is 2.18. The minimum absolute atomic E-state index is 0.225. The molecule has 0 aliphatic carbocycles. The fraction of sp³-hybridized carbons (Fsp3) is 0.550. The van der Waals surface area contributed by atoms with Gasteiger partial charge in [0.15, 0.2) is 6.10 Å². The highest BCUT2D eigenvalue weighted by molar-refractivity contribution is 5.99. The van der Waals surface area contributed by atoms with E-state index in [4.69, 9.17) is 14.2 Å². The quantitative estimate of drug-likeness (QED) is 0.702. The molecule has 0 aromatic heterocycles. The molecule has 154 valence electrons. The summed E-state index contributed by atoms with van der Waals surface area (Å²) in [5, 5.41) is 2.69. The Labute approximate surface area is 165 Å². The van der Waals surface area contributed by atoms with E-state index in [2.05, 4.69) is 5.32 Å². The zero-order valence-corrected chi connectivity index (χ0v) is 16.8. The fourth-order valence-electron chi connectivity index (χ4n) is 2.89. The zero-order chi connectivity index (χ0) is 20.7. The van der Waals surface area contributed by atoms with Crippen LogP contribution in [0.2, 0.25) is 0 Å². The van der Waals surface area contributed by atoms with Crippen LogP contribution >= 0.6 is 0 Å². The van der Waals surface area contributed by atoms with E-state index in [1.54, 1.807) is 43.0 Å². The van der Waals surface area contributed by atoms with Crippen LogP contribution in [-0.2, 0) is 19.1 Å². The lowest BCUT2D eigenvalue weighted by Gasteiger charge is -2.30. The van der Waals surface area contributed by atoms with Crippen LogP contribution in [0.4, 0.5) is 0 Å². The summed E-state index contributed by atoms with van der Waals surface area (Å²) in [7, 11) is 1.47. The van der Waals surface area contributed by atoms with Gasteiger partial charge >= 0.3 is 5.97 Å². The molecule has 1 saturated heterocycles. The number of carbonyl (C=O) groups excluding carboxylic acids is 3. The number of para-hydroxylation sites is 1. The first-order chi connectivity index (χ1) is 13.3. The van der Waals surface area contributed by atoms with E-state index in [0.29, 0.717) is 37.6 Å². The Hall–Kier alpha value is -2.61. The van der Waals surface area contributed by atoms with Crippen molar-refractivity contribution in [3.8, 4) is 5.75 Å². The summed E-state index contributed by atoms with van der Waals surface area (Å²) >= 11 is 0. The van der Waals surface area contributed by atoms with E-state index in [1.165, 1.54) is 14.0 Å². The van der Waals surface area contributed by atoms with Gasteiger partial charge in [-0.2, -0.15) is 0 Å². The Morgan fingerprint density at radius 3 is 2.36 bits per heavy atom. The minimum atomic E-state index is -0.935. The second kappa shape index (κ2) is 10.1. The SMILES string of the molecule is COc1ccccc1C(=O)NC(C(=O)OC(C)C(=O)N1CCOCC1)C(C)C. The molecule has 0 spiro atoms. The Morgan fingerprint density at radius 1 is 1.11 bits per heavy atom. The maximum absolute atomic E-state index is 12.6. The van der Waals surface area contributed by atoms with Gasteiger partial charge in [0, 0.05) is 13.1 Å². The average molecular weight is 392 g/mol. The number of benzene rings is 1. The van der Waals surface area contributed by atoms with Crippen molar-refractivity contribution < 1.29 is 28.6 Å². The molecule has 1 heterocycles. The molecular formula is C20H28N2O6. The number of morpholine rings is 1. The third kappa shape index (κ3) is 5.45. The number of rotatable bonds is 7. The van der Waals surface area contributed by atoms with Crippen LogP contribution in [0.25, 0.3) is 0 Å². The minimum Gasteiger partial charge on any atom is -0.496 e. The first-order valence-electron chi connectivity index (χ1n) is 9.36. The molecule has 1 fully saturated rings. The smallest absolute Gasteiger partial charge is 0.329 e. The Kier molecular flexibility index (Phi) is 7.80. The summed E-state index contributed by atoms with van der Waals surface area (Å²) in [5.41, 5.74) is 0.320. The first kappa shape index (κ1) is 21.7. The maximum Gasteiger partial charge on any atom is 0.329 e. The monoisotopic (exact) mass is 392 g/mol. The van der Waals surface area contributed by atoms with E-state index in [-0.39, 0.29) is 11.8 Å². The van der Waals surface area contributed by atoms with Crippen LogP contribution in [0.1, 0.15) is 31.1 Å². The molecule has 2 amide bonds. The van der Waals surface area contributed by atoms with Crippen molar-refractivity contribution in [1.82, 2.24) is 10.2 Å². The van der Waals surface area contributed by atoms with Crippen molar-refractivity contribution in [2.75, 3.05) is 33.4 Å². The predicted octanol–water partition coefficient (Wildman–Crippen LogP) is 1.24. The van der Waals surface area contributed by atoms with Gasteiger partial charge in [-0.05, 0) is 25.0 Å². The number of hydrogen-bond donors (Lipinski definition) is 1. The van der Waals surface area contributed by atoms with Crippen molar-refractivity contribution in [3.63, 3.8) is 0 Å². The number of nitrogens with zero attached hydrogens (tertiary/aromatic N) is 1. The first-order valence-corrected chi connectivity index (χ1v) is 9.36. The van der Waals surface area contributed by atoms with Gasteiger partial charge in [0.05, 0.1) is 25.9 Å². The van der Waals surface area contributed by atoms with E-state index in [0.717, 1.165) is 0 Å². The van der Waals surface area contributed by atoms with Crippen molar-refractivity contribution in [1.29, 1.82) is 0 Å². The largest absolute Gasteiger partial charge is 0.496 e. The summed E-state index contributed by atoms with van der Waals surface area (Å²) < 4.78 is 15.8. The van der Waals surface area contributed by atoms with Gasteiger partial charge in [0.2, 0.25) is 0 Å². The zero-order valence-electron chi connectivity index (χ0n) is 16.8. The number of amides is 2. The van der Waals surface area contributed by atoms with Gasteiger partial charge < -0.3 is 24.4 Å². The molecule has 1 aliphatic heterocycles. The Morgan fingerprint density at radius 2 is 1.75 bits per heavy atom. The van der Waals surface area contributed by atoms with Gasteiger partial charge in [-0.15, -0.1) is 0 Å². The second-order valence-corrected chi connectivity index (χ2v) is 6.91. The topological polar surface area (TPSA) is 94.2 Å². The lowest BCUT2D eigenvalue weighted by Crippen LogP contribution is -2.49. The van der Waals surface area contributed by atoms with Crippen LogP contribution in [-0.4, -0.2) is 68.2 Å². The number of methoxy groups -OCH3 is 1. The Bertz CT molecular complexity index is 700. The molecule has 0 radical (unpaired) electrons. The van der Waals surface area contributed by atoms with Crippen LogP contribution < -0.4 is 10.1 Å². The van der Waals surface area contributed by atoms with Crippen LogP contribution in [0.15, 0.2) is 24.3 Å². The summed E-state index contributed by atoms with van der Waals surface area (Å²) in [5.74, 6) is -1.17. The number of hydrogen-bond acceptors (Lipinski definition) is 6. The van der Waals surface area contributed by atoms with Crippen LogP contribution in [0.3, 0.4) is 0 Å². The molecule has 2 atom stereocenters. The van der Waals surface area contributed by atoms with Gasteiger partial charge in [0.1, 0.15) is 11.8 Å². The lowest BCUT2D eigenvalue weighted by atomic mass is 10.0. The molecule has 2 unspecified atom stereocenters. The molecular weight excluding hydrogens is 364 g/mol. The number of ether oxygens (including phenoxy) is 3. The highest BCUT2D eigenvalue weighted by atomic mass is 16.5. The average Bonchev–Trinajstić information content (AvgIpc) is 2.71. The number of nitrogens with one attached hydrogen (secondary N) is 1. The molecule has 2 rings (SSSR count). The van der Waals surface area contributed by atoms with Crippen molar-refractivity contribution in [2.45, 2.75) is 32.9 Å². The summed E-state index contributed by atoms with van der Waals surface area (Å²) in [6, 6.07) is 5.85. The predicted molar refractivity (Wildman–Crippen MR) is 102 cm³/mol. The van der Waals surface area contributed by atoms with E-state index in [1.807, 2.05) is 0 Å². The van der Waals surface area contributed by atoms with Crippen LogP contribution in [0.5, 0.6) is 5.75 Å². The molecule has 0 bridgehead atoms. The van der Waals surface area contributed by atoms with Gasteiger partial charge in [0.25, 0.3) is 11.8 Å². The molecule has 1 aliphatic rings. The highest BCUT2D eigenvalue weighted by Gasteiger charge is 2.31. The molecule has 8 nitrogen and oxygen atoms in total. The summed E-state index contributed by atoms with van der Waals surface area (Å²) in [6.07, 6.45) is -0.935. The van der Waals surface area contributed by atoms with Crippen molar-refractivity contribution in [3.05, 3.63) is 29.8 Å². The Balaban J connectivity index is 2.03. The summed E-state index contributed by atoms with van der Waals surface area (Å²) in [4.78, 5) is 39.3. The molecule has 8 heteroatoms. The van der Waals surface area contributed by atoms with E-state index >= 15 is 0 Å². The van der Waals surface area contributed by atoms with Crippen molar-refractivity contribution >= 4 is 17.8 Å². The number of carbonyl (C=O) groups is 3. The van der Waals surface area contributed by atoms with Gasteiger partial charge in [-0.25, -0.2) is 4.79 Å².